The number of fused-ring (bicyclic) bond motifs is 2. The van der Waals surface area contributed by atoms with Crippen molar-refractivity contribution >= 4 is 68.5 Å². The summed E-state index contributed by atoms with van der Waals surface area (Å²) in [5.41, 5.74) is 4.41. The summed E-state index contributed by atoms with van der Waals surface area (Å²) >= 11 is 26.1. The Morgan fingerprint density at radius 2 is 1.12 bits per heavy atom. The van der Waals surface area contributed by atoms with Crippen LogP contribution in [0.5, 0.6) is 23.5 Å². The lowest BCUT2D eigenvalue weighted by atomic mass is 10.2. The van der Waals surface area contributed by atoms with E-state index in [0.717, 1.165) is 11.1 Å². The summed E-state index contributed by atoms with van der Waals surface area (Å²) in [5, 5.41) is 18.2. The summed E-state index contributed by atoms with van der Waals surface area (Å²) < 4.78 is 24.7. The van der Waals surface area contributed by atoms with Gasteiger partial charge in [-0.05, 0) is 50.5 Å². The third-order valence-corrected chi connectivity index (χ3v) is 9.90. The van der Waals surface area contributed by atoms with Crippen molar-refractivity contribution in [3.63, 3.8) is 0 Å². The molecule has 0 aliphatic carbocycles. The van der Waals surface area contributed by atoms with Gasteiger partial charge in [-0.1, -0.05) is 46.4 Å². The number of rotatable bonds is 10. The Morgan fingerprint density at radius 1 is 0.621 bits per heavy atom. The van der Waals surface area contributed by atoms with Crippen LogP contribution in [0.2, 0.25) is 20.1 Å². The molecule has 0 aliphatic heterocycles. The lowest BCUT2D eigenvalue weighted by Gasteiger charge is -2.17. The minimum Gasteiger partial charge on any atom is -0.477 e. The standard InChI is InChI=1S/C20H19Cl2N7O2.C17H12Cl2N6O2/c1-28(2)10-14-26-27-18(11-6-5-7-23-9-11)29(14)17-15(22)12(21)8-13-16(17)25-20(31-4)19(24-13)30-3;1-26-16-17(27-2)23-13-11(22-16)6-10(18)12(19)14(13)25-8-21-24-15(25)9-4-3-5-20-7-9/h5-9H,10H2,1-4H3;3-8H,1-2H3. The van der Waals surface area contributed by atoms with Gasteiger partial charge in [-0.3, -0.25) is 19.1 Å². The molecule has 0 aliphatic rings. The molecule has 0 amide bonds. The number of aromatic nitrogens is 12. The molecule has 8 aromatic rings. The SMILES string of the molecule is COc1nc2cc(Cl)c(Cl)c(-n3c(CN(C)C)nnc3-c3cccnc3)c2nc1OC.COc1nc2cc(Cl)c(Cl)c(-n3cnnc3-c3cccnc3)c2nc1OC. The molecule has 2 aromatic carbocycles. The van der Waals surface area contributed by atoms with Gasteiger partial charge in [0, 0.05) is 35.9 Å². The minimum atomic E-state index is 0.222. The summed E-state index contributed by atoms with van der Waals surface area (Å²) in [7, 11) is 9.83. The summed E-state index contributed by atoms with van der Waals surface area (Å²) in [6, 6.07) is 10.6. The molecule has 0 saturated carbocycles. The smallest absolute Gasteiger partial charge is 0.278 e. The molecule has 0 fully saturated rings. The molecule has 0 unspecified atom stereocenters. The second kappa shape index (κ2) is 17.3. The molecular formula is C37H31Cl4N13O4. The number of hydrogen-bond acceptors (Lipinski definition) is 15. The van der Waals surface area contributed by atoms with Gasteiger partial charge in [0.15, 0.2) is 17.5 Å². The van der Waals surface area contributed by atoms with Crippen LogP contribution >= 0.6 is 46.4 Å². The van der Waals surface area contributed by atoms with Crippen LogP contribution in [0, 0.1) is 0 Å². The highest BCUT2D eigenvalue weighted by molar-refractivity contribution is 6.45. The van der Waals surface area contributed by atoms with Crippen LogP contribution in [-0.4, -0.2) is 107 Å². The fourth-order valence-corrected chi connectivity index (χ4v) is 6.70. The predicted molar refractivity (Wildman–Crippen MR) is 219 cm³/mol. The molecule has 296 valence electrons. The van der Waals surface area contributed by atoms with E-state index in [0.29, 0.717) is 72.5 Å². The van der Waals surface area contributed by atoms with Crippen molar-refractivity contribution in [1.82, 2.24) is 64.3 Å². The van der Waals surface area contributed by atoms with Crippen molar-refractivity contribution in [1.29, 1.82) is 0 Å². The number of hydrogen-bond donors (Lipinski definition) is 0. The zero-order valence-corrected chi connectivity index (χ0v) is 34.5. The quantitative estimate of drug-likeness (QED) is 0.134. The van der Waals surface area contributed by atoms with Crippen LogP contribution in [0.4, 0.5) is 0 Å². The molecule has 58 heavy (non-hydrogen) atoms. The first-order valence-electron chi connectivity index (χ1n) is 16.9. The molecule has 17 nitrogen and oxygen atoms in total. The molecule has 0 bridgehead atoms. The van der Waals surface area contributed by atoms with Crippen LogP contribution < -0.4 is 18.9 Å². The number of pyridine rings is 2. The summed E-state index contributed by atoms with van der Waals surface area (Å²) in [6.45, 7) is 0.498. The lowest BCUT2D eigenvalue weighted by molar-refractivity contribution is 0.334. The molecule has 0 spiro atoms. The summed E-state index contributed by atoms with van der Waals surface area (Å²) in [4.78, 5) is 28.4. The van der Waals surface area contributed by atoms with Crippen LogP contribution in [0.15, 0.2) is 67.5 Å². The Kier molecular flexibility index (Phi) is 12.0. The Hall–Kier alpha value is -5.98. The third kappa shape index (κ3) is 7.69. The average Bonchev–Trinajstić information content (AvgIpc) is 3.89. The van der Waals surface area contributed by atoms with Gasteiger partial charge in [-0.15, -0.1) is 20.4 Å². The van der Waals surface area contributed by atoms with Crippen molar-refractivity contribution in [2.75, 3.05) is 42.5 Å². The zero-order chi connectivity index (χ0) is 41.1. The highest BCUT2D eigenvalue weighted by atomic mass is 35.5. The number of benzene rings is 2. The van der Waals surface area contributed by atoms with Gasteiger partial charge in [-0.2, -0.15) is 0 Å². The molecule has 0 atom stereocenters. The highest BCUT2D eigenvalue weighted by Crippen LogP contribution is 2.40. The van der Waals surface area contributed by atoms with Crippen molar-refractivity contribution in [2.45, 2.75) is 6.54 Å². The van der Waals surface area contributed by atoms with Crippen molar-refractivity contribution in [3.8, 4) is 57.7 Å². The fraction of sp³-hybridized carbons (Fsp3) is 0.189. The number of methoxy groups -OCH3 is 4. The monoisotopic (exact) mass is 861 g/mol. The lowest BCUT2D eigenvalue weighted by Crippen LogP contribution is -2.16. The van der Waals surface area contributed by atoms with E-state index in [1.807, 2.05) is 41.8 Å². The number of ether oxygens (including phenoxy) is 4. The maximum atomic E-state index is 6.72. The van der Waals surface area contributed by atoms with Gasteiger partial charge >= 0.3 is 0 Å². The van der Waals surface area contributed by atoms with Gasteiger partial charge in [0.05, 0.1) is 77.5 Å². The summed E-state index contributed by atoms with van der Waals surface area (Å²) in [6.07, 6.45) is 8.27. The van der Waals surface area contributed by atoms with Gasteiger partial charge < -0.3 is 23.8 Å². The maximum absolute atomic E-state index is 6.72. The predicted octanol–water partition coefficient (Wildman–Crippen LogP) is 7.25. The molecule has 6 heterocycles. The molecule has 0 radical (unpaired) electrons. The first-order chi connectivity index (χ1) is 28.1. The van der Waals surface area contributed by atoms with Crippen molar-refractivity contribution < 1.29 is 18.9 Å². The van der Waals surface area contributed by atoms with E-state index in [4.69, 9.17) is 65.4 Å². The normalized spacial score (nSPS) is 11.2. The number of halogens is 4. The van der Waals surface area contributed by atoms with Crippen molar-refractivity contribution in [2.24, 2.45) is 0 Å². The second-order valence-electron chi connectivity index (χ2n) is 12.3. The van der Waals surface area contributed by atoms with E-state index >= 15 is 0 Å². The second-order valence-corrected chi connectivity index (χ2v) is 13.9. The minimum absolute atomic E-state index is 0.222. The number of nitrogens with zero attached hydrogens (tertiary/aromatic N) is 13. The van der Waals surface area contributed by atoms with E-state index in [1.165, 1.54) is 34.8 Å². The van der Waals surface area contributed by atoms with Gasteiger partial charge in [0.2, 0.25) is 0 Å². The molecule has 0 saturated heterocycles. The van der Waals surface area contributed by atoms with E-state index in [-0.39, 0.29) is 28.5 Å². The largest absolute Gasteiger partial charge is 0.477 e. The highest BCUT2D eigenvalue weighted by Gasteiger charge is 2.26. The zero-order valence-electron chi connectivity index (χ0n) is 31.5. The first kappa shape index (κ1) is 40.2. The van der Waals surface area contributed by atoms with Crippen LogP contribution in [-0.2, 0) is 6.54 Å². The van der Waals surface area contributed by atoms with E-state index in [2.05, 4.69) is 50.3 Å². The van der Waals surface area contributed by atoms with Gasteiger partial charge in [0.25, 0.3) is 23.5 Å². The first-order valence-corrected chi connectivity index (χ1v) is 18.5. The van der Waals surface area contributed by atoms with E-state index in [9.17, 15) is 0 Å². The molecular weight excluding hydrogens is 832 g/mol. The fourth-order valence-electron chi connectivity index (χ4n) is 5.85. The Bertz CT molecular complexity index is 2750. The Morgan fingerprint density at radius 3 is 1.62 bits per heavy atom. The molecule has 8 rings (SSSR count). The molecule has 6 aromatic heterocycles. The molecule has 21 heteroatoms. The van der Waals surface area contributed by atoms with Crippen LogP contribution in [0.1, 0.15) is 5.82 Å². The topological polar surface area (TPSA) is 179 Å². The van der Waals surface area contributed by atoms with E-state index in [1.54, 1.807) is 47.6 Å². The van der Waals surface area contributed by atoms with Gasteiger partial charge in [-0.25, -0.2) is 19.9 Å². The van der Waals surface area contributed by atoms with Crippen LogP contribution in [0.3, 0.4) is 0 Å². The van der Waals surface area contributed by atoms with Crippen molar-refractivity contribution in [3.05, 3.63) is 93.4 Å². The maximum Gasteiger partial charge on any atom is 0.278 e. The summed E-state index contributed by atoms with van der Waals surface area (Å²) in [5.74, 6) is 2.65. The average molecular weight is 864 g/mol. The van der Waals surface area contributed by atoms with Crippen LogP contribution in [0.25, 0.3) is 56.2 Å². The van der Waals surface area contributed by atoms with Gasteiger partial charge in [0.1, 0.15) is 17.4 Å². The Balaban J connectivity index is 0.000000178. The Labute approximate surface area is 350 Å². The van der Waals surface area contributed by atoms with E-state index < -0.39 is 0 Å². The third-order valence-electron chi connectivity index (χ3n) is 8.35. The molecule has 0 N–H and O–H groups in total.